The average Bonchev–Trinajstić information content (AvgIpc) is 3.21. The standard InChI is InChI=1S/C20H16ClF5N6O/c1-11(30-18(33)12-4-13(20(24,25)26)6-14(21)5-12)17-28-10-29-32(17)16-3-2-15(7-27-16)31-8-19(22,23)9-31/h2-7,10-11H,8-9H2,1H3,(H,30,33)/t11-/m0/s1. The van der Waals surface area contributed by atoms with Gasteiger partial charge in [0.05, 0.1) is 36.6 Å². The Balaban J connectivity index is 1.50. The van der Waals surface area contributed by atoms with Gasteiger partial charge in [0.2, 0.25) is 0 Å². The Morgan fingerprint density at radius 3 is 2.52 bits per heavy atom. The molecule has 1 fully saturated rings. The molecular formula is C20H16ClF5N6O. The van der Waals surface area contributed by atoms with Crippen LogP contribution in [0.25, 0.3) is 5.82 Å². The lowest BCUT2D eigenvalue weighted by Gasteiger charge is -2.40. The van der Waals surface area contributed by atoms with Crippen LogP contribution in [0.15, 0.2) is 42.9 Å². The lowest BCUT2D eigenvalue weighted by atomic mass is 10.1. The van der Waals surface area contributed by atoms with Gasteiger partial charge in [0, 0.05) is 10.6 Å². The van der Waals surface area contributed by atoms with Gasteiger partial charge in [0.1, 0.15) is 6.33 Å². The molecule has 13 heteroatoms. The number of benzene rings is 1. The third-order valence-electron chi connectivity index (χ3n) is 4.96. The van der Waals surface area contributed by atoms with E-state index < -0.39 is 29.6 Å². The molecule has 1 aliphatic heterocycles. The molecule has 2 aromatic heterocycles. The number of nitrogens with zero attached hydrogens (tertiary/aromatic N) is 5. The van der Waals surface area contributed by atoms with Crippen molar-refractivity contribution in [1.82, 2.24) is 25.1 Å². The Hall–Kier alpha value is -3.28. The molecular weight excluding hydrogens is 471 g/mol. The second-order valence-electron chi connectivity index (χ2n) is 7.54. The number of rotatable bonds is 5. The minimum atomic E-state index is -4.66. The fourth-order valence-corrected chi connectivity index (χ4v) is 3.57. The summed E-state index contributed by atoms with van der Waals surface area (Å²) in [6, 6.07) is 4.97. The number of pyridine rings is 1. The van der Waals surface area contributed by atoms with Gasteiger partial charge in [-0.15, -0.1) is 0 Å². The third-order valence-corrected chi connectivity index (χ3v) is 5.17. The van der Waals surface area contributed by atoms with E-state index >= 15 is 0 Å². The molecule has 1 atom stereocenters. The highest BCUT2D eigenvalue weighted by molar-refractivity contribution is 6.31. The Morgan fingerprint density at radius 1 is 1.18 bits per heavy atom. The van der Waals surface area contributed by atoms with Crippen LogP contribution in [0, 0.1) is 0 Å². The molecule has 33 heavy (non-hydrogen) atoms. The molecule has 3 heterocycles. The first-order valence-electron chi connectivity index (χ1n) is 9.61. The highest BCUT2D eigenvalue weighted by Crippen LogP contribution is 2.33. The first-order valence-corrected chi connectivity index (χ1v) is 9.98. The van der Waals surface area contributed by atoms with Crippen molar-refractivity contribution in [3.63, 3.8) is 0 Å². The lowest BCUT2D eigenvalue weighted by Crippen LogP contribution is -2.56. The lowest BCUT2D eigenvalue weighted by molar-refractivity contribution is -0.137. The Morgan fingerprint density at radius 2 is 1.91 bits per heavy atom. The van der Waals surface area contributed by atoms with Crippen molar-refractivity contribution < 1.29 is 26.7 Å². The van der Waals surface area contributed by atoms with Crippen molar-refractivity contribution >= 4 is 23.2 Å². The summed E-state index contributed by atoms with van der Waals surface area (Å²) < 4.78 is 66.5. The van der Waals surface area contributed by atoms with Crippen molar-refractivity contribution in [3.8, 4) is 5.82 Å². The fraction of sp³-hybridized carbons (Fsp3) is 0.300. The summed E-state index contributed by atoms with van der Waals surface area (Å²) in [6.07, 6.45) is -2.01. The molecule has 1 aliphatic rings. The highest BCUT2D eigenvalue weighted by atomic mass is 35.5. The number of alkyl halides is 5. The van der Waals surface area contributed by atoms with Crippen LogP contribution in [-0.4, -0.2) is 44.7 Å². The van der Waals surface area contributed by atoms with E-state index in [0.717, 1.165) is 12.1 Å². The molecule has 0 spiro atoms. The van der Waals surface area contributed by atoms with Gasteiger partial charge in [-0.3, -0.25) is 4.79 Å². The second kappa shape index (κ2) is 8.25. The Bertz CT molecular complexity index is 1170. The normalized spacial score (nSPS) is 16.3. The van der Waals surface area contributed by atoms with Crippen molar-refractivity contribution in [2.75, 3.05) is 18.0 Å². The van der Waals surface area contributed by atoms with Crippen LogP contribution in [0.1, 0.15) is 34.7 Å². The summed E-state index contributed by atoms with van der Waals surface area (Å²) in [5, 5.41) is 6.41. The van der Waals surface area contributed by atoms with E-state index in [9.17, 15) is 26.7 Å². The molecule has 7 nitrogen and oxygen atoms in total. The van der Waals surface area contributed by atoms with E-state index in [1.54, 1.807) is 19.1 Å². The van der Waals surface area contributed by atoms with Gasteiger partial charge in [-0.05, 0) is 37.3 Å². The van der Waals surface area contributed by atoms with Gasteiger partial charge < -0.3 is 10.2 Å². The summed E-state index contributed by atoms with van der Waals surface area (Å²) in [4.78, 5) is 22.4. The number of hydrogen-bond donors (Lipinski definition) is 1. The highest BCUT2D eigenvalue weighted by Gasteiger charge is 2.44. The summed E-state index contributed by atoms with van der Waals surface area (Å²) in [5.41, 5.74) is -0.782. The molecule has 0 radical (unpaired) electrons. The quantitative estimate of drug-likeness (QED) is 0.545. The molecule has 4 rings (SSSR count). The zero-order valence-electron chi connectivity index (χ0n) is 16.9. The van der Waals surface area contributed by atoms with Gasteiger partial charge in [-0.2, -0.15) is 23.0 Å². The van der Waals surface area contributed by atoms with E-state index in [1.165, 1.54) is 22.1 Å². The van der Waals surface area contributed by atoms with E-state index in [4.69, 9.17) is 11.6 Å². The predicted molar refractivity (Wildman–Crippen MR) is 109 cm³/mol. The predicted octanol–water partition coefficient (Wildman–Crippen LogP) is 4.28. The number of carbonyl (C=O) groups excluding carboxylic acids is 1. The van der Waals surface area contributed by atoms with Crippen molar-refractivity contribution in [3.05, 3.63) is 64.8 Å². The fourth-order valence-electron chi connectivity index (χ4n) is 3.34. The summed E-state index contributed by atoms with van der Waals surface area (Å²) >= 11 is 5.75. The first kappa shape index (κ1) is 22.9. The zero-order valence-corrected chi connectivity index (χ0v) is 17.7. The Labute approximate surface area is 189 Å². The molecule has 0 saturated carbocycles. The number of nitrogens with one attached hydrogen (secondary N) is 1. The van der Waals surface area contributed by atoms with Crippen molar-refractivity contribution in [2.24, 2.45) is 0 Å². The third kappa shape index (κ3) is 4.90. The average molecular weight is 487 g/mol. The van der Waals surface area contributed by atoms with E-state index in [-0.39, 0.29) is 29.5 Å². The zero-order chi connectivity index (χ0) is 24.0. The van der Waals surface area contributed by atoms with Crippen LogP contribution in [0.4, 0.5) is 27.6 Å². The molecule has 1 saturated heterocycles. The van der Waals surface area contributed by atoms with Crippen LogP contribution in [-0.2, 0) is 6.18 Å². The van der Waals surface area contributed by atoms with Gasteiger partial charge in [-0.1, -0.05) is 11.6 Å². The summed E-state index contributed by atoms with van der Waals surface area (Å²) in [7, 11) is 0. The molecule has 0 unspecified atom stereocenters. The van der Waals surface area contributed by atoms with Gasteiger partial charge >= 0.3 is 6.18 Å². The topological polar surface area (TPSA) is 75.9 Å². The van der Waals surface area contributed by atoms with Gasteiger partial charge in [-0.25, -0.2) is 18.7 Å². The number of aromatic nitrogens is 4. The van der Waals surface area contributed by atoms with Gasteiger partial charge in [0.15, 0.2) is 11.6 Å². The summed E-state index contributed by atoms with van der Waals surface area (Å²) in [6.45, 7) is 0.806. The van der Waals surface area contributed by atoms with Crippen LogP contribution < -0.4 is 10.2 Å². The van der Waals surface area contributed by atoms with E-state index in [0.29, 0.717) is 17.6 Å². The van der Waals surface area contributed by atoms with Crippen molar-refractivity contribution in [2.45, 2.75) is 25.1 Å². The largest absolute Gasteiger partial charge is 0.416 e. The van der Waals surface area contributed by atoms with Crippen LogP contribution in [0.3, 0.4) is 0 Å². The molecule has 0 bridgehead atoms. The molecule has 3 aromatic rings. The van der Waals surface area contributed by atoms with Crippen LogP contribution in [0.2, 0.25) is 5.02 Å². The molecule has 1 aromatic carbocycles. The maximum Gasteiger partial charge on any atom is 0.416 e. The molecule has 1 amide bonds. The molecule has 0 aliphatic carbocycles. The van der Waals surface area contributed by atoms with Gasteiger partial charge in [0.25, 0.3) is 11.8 Å². The van der Waals surface area contributed by atoms with Crippen molar-refractivity contribution in [1.29, 1.82) is 0 Å². The smallest absolute Gasteiger partial charge is 0.358 e. The molecule has 174 valence electrons. The molecule has 1 N–H and O–H groups in total. The minimum absolute atomic E-state index is 0.227. The SMILES string of the molecule is C[C@H](NC(=O)c1cc(Cl)cc(C(F)(F)F)c1)c1ncnn1-c1ccc(N2CC(F)(F)C2)cn1. The number of anilines is 1. The second-order valence-corrected chi connectivity index (χ2v) is 7.97. The minimum Gasteiger partial charge on any atom is -0.358 e. The Kier molecular flexibility index (Phi) is 5.72. The van der Waals surface area contributed by atoms with Crippen LogP contribution in [0.5, 0.6) is 0 Å². The maximum atomic E-state index is 13.1. The van der Waals surface area contributed by atoms with Crippen LogP contribution >= 0.6 is 11.6 Å². The number of amides is 1. The number of halogens is 6. The summed E-state index contributed by atoms with van der Waals surface area (Å²) in [5.74, 6) is -2.92. The first-order chi connectivity index (χ1) is 15.4. The maximum absolute atomic E-state index is 13.1. The number of carbonyl (C=O) groups is 1. The monoisotopic (exact) mass is 486 g/mol. The number of hydrogen-bond acceptors (Lipinski definition) is 5. The van der Waals surface area contributed by atoms with E-state index in [2.05, 4.69) is 20.4 Å². The van der Waals surface area contributed by atoms with E-state index in [1.807, 2.05) is 0 Å².